The Balaban J connectivity index is 2.40. The molecule has 0 unspecified atom stereocenters. The van der Waals surface area contributed by atoms with Gasteiger partial charge in [-0.25, -0.2) is 13.1 Å². The molecule has 1 aliphatic carbocycles. The summed E-state index contributed by atoms with van der Waals surface area (Å²) in [7, 11) is -4.24. The molecule has 0 aromatic carbocycles. The molecule has 0 spiro atoms. The SMILES string of the molecule is O=S(=O)([O-])NC1CCCCCC1. The Morgan fingerprint density at radius 1 is 1.08 bits per heavy atom. The highest BCUT2D eigenvalue weighted by Gasteiger charge is 2.13. The van der Waals surface area contributed by atoms with Gasteiger partial charge in [-0.15, -0.1) is 0 Å². The Labute approximate surface area is 73.2 Å². The molecule has 0 aliphatic heterocycles. The third-order valence-corrected chi connectivity index (χ3v) is 2.79. The van der Waals surface area contributed by atoms with Gasteiger partial charge in [0.25, 0.3) is 0 Å². The molecule has 0 aromatic rings. The minimum absolute atomic E-state index is 0.116. The van der Waals surface area contributed by atoms with E-state index in [9.17, 15) is 13.0 Å². The molecule has 72 valence electrons. The van der Waals surface area contributed by atoms with Crippen molar-refractivity contribution in [1.29, 1.82) is 0 Å². The first kappa shape index (κ1) is 9.95. The zero-order valence-electron chi connectivity index (χ0n) is 6.95. The van der Waals surface area contributed by atoms with E-state index in [1.165, 1.54) is 0 Å². The van der Waals surface area contributed by atoms with Crippen molar-refractivity contribution in [3.63, 3.8) is 0 Å². The molecule has 1 rings (SSSR count). The van der Waals surface area contributed by atoms with Gasteiger partial charge in [0.15, 0.2) is 10.3 Å². The van der Waals surface area contributed by atoms with E-state index >= 15 is 0 Å². The van der Waals surface area contributed by atoms with Crippen LogP contribution in [0.3, 0.4) is 0 Å². The van der Waals surface area contributed by atoms with Crippen molar-refractivity contribution >= 4 is 10.3 Å². The molecule has 1 aliphatic rings. The van der Waals surface area contributed by atoms with Crippen LogP contribution in [0.4, 0.5) is 0 Å². The second-order valence-electron chi connectivity index (χ2n) is 3.26. The van der Waals surface area contributed by atoms with Gasteiger partial charge in [-0.1, -0.05) is 25.7 Å². The Morgan fingerprint density at radius 2 is 1.58 bits per heavy atom. The molecule has 0 bridgehead atoms. The van der Waals surface area contributed by atoms with Crippen LogP contribution in [0, 0.1) is 0 Å². The summed E-state index contributed by atoms with van der Waals surface area (Å²) < 4.78 is 33.1. The van der Waals surface area contributed by atoms with E-state index in [0.717, 1.165) is 38.5 Å². The molecule has 1 N–H and O–H groups in total. The molecule has 0 radical (unpaired) electrons. The summed E-state index contributed by atoms with van der Waals surface area (Å²) in [6, 6.07) is -0.116. The first-order valence-corrected chi connectivity index (χ1v) is 5.72. The van der Waals surface area contributed by atoms with E-state index < -0.39 is 10.3 Å². The third-order valence-electron chi connectivity index (χ3n) is 2.17. The predicted molar refractivity (Wildman–Crippen MR) is 44.3 cm³/mol. The van der Waals surface area contributed by atoms with Crippen LogP contribution in [-0.2, 0) is 10.3 Å². The first-order chi connectivity index (χ1) is 5.58. The van der Waals surface area contributed by atoms with Gasteiger partial charge in [-0.3, -0.25) is 0 Å². The summed E-state index contributed by atoms with van der Waals surface area (Å²) in [6.07, 6.45) is 5.96. The van der Waals surface area contributed by atoms with Crippen LogP contribution in [0.15, 0.2) is 0 Å². The summed E-state index contributed by atoms with van der Waals surface area (Å²) >= 11 is 0. The van der Waals surface area contributed by atoms with Gasteiger partial charge in [0.05, 0.1) is 0 Å². The molecule has 0 amide bonds. The summed E-state index contributed by atoms with van der Waals surface area (Å²) in [4.78, 5) is 0. The fourth-order valence-corrected chi connectivity index (χ4v) is 2.25. The highest BCUT2D eigenvalue weighted by molar-refractivity contribution is 7.83. The monoisotopic (exact) mass is 192 g/mol. The predicted octanol–water partition coefficient (Wildman–Crippen LogP) is 0.759. The normalized spacial score (nSPS) is 22.1. The molecule has 0 atom stereocenters. The largest absolute Gasteiger partial charge is 0.735 e. The minimum Gasteiger partial charge on any atom is -0.735 e. The lowest BCUT2D eigenvalue weighted by molar-refractivity contribution is 0.422. The summed E-state index contributed by atoms with van der Waals surface area (Å²) in [6.45, 7) is 0. The van der Waals surface area contributed by atoms with E-state index in [-0.39, 0.29) is 6.04 Å². The Kier molecular flexibility index (Phi) is 3.49. The van der Waals surface area contributed by atoms with Gasteiger partial charge in [0.2, 0.25) is 0 Å². The molecular weight excluding hydrogens is 178 g/mol. The van der Waals surface area contributed by atoms with Gasteiger partial charge in [0.1, 0.15) is 0 Å². The molecule has 4 nitrogen and oxygen atoms in total. The van der Waals surface area contributed by atoms with E-state index in [1.54, 1.807) is 0 Å². The van der Waals surface area contributed by atoms with E-state index in [4.69, 9.17) is 0 Å². The second kappa shape index (κ2) is 4.20. The van der Waals surface area contributed by atoms with E-state index in [1.807, 2.05) is 0 Å². The van der Waals surface area contributed by atoms with Crippen LogP contribution in [0.1, 0.15) is 38.5 Å². The lowest BCUT2D eigenvalue weighted by Gasteiger charge is -2.18. The fourth-order valence-electron chi connectivity index (χ4n) is 1.60. The Bertz CT molecular complexity index is 217. The van der Waals surface area contributed by atoms with E-state index in [0.29, 0.717) is 0 Å². The standard InChI is InChI=1S/C7H15NO3S/c9-12(10,11)8-7-5-3-1-2-4-6-7/h7-8H,1-6H2,(H,9,10,11)/p-1. The Morgan fingerprint density at radius 3 is 2.00 bits per heavy atom. The fraction of sp³-hybridized carbons (Fsp3) is 1.00. The Hall–Kier alpha value is -0.130. The number of nitrogens with one attached hydrogen (secondary N) is 1. The summed E-state index contributed by atoms with van der Waals surface area (Å²) in [5.74, 6) is 0. The van der Waals surface area contributed by atoms with Gasteiger partial charge >= 0.3 is 0 Å². The molecule has 12 heavy (non-hydrogen) atoms. The number of hydrogen-bond donors (Lipinski definition) is 1. The van der Waals surface area contributed by atoms with Gasteiger partial charge in [-0.05, 0) is 12.8 Å². The van der Waals surface area contributed by atoms with Crippen LogP contribution in [0.25, 0.3) is 0 Å². The third kappa shape index (κ3) is 4.04. The first-order valence-electron chi connectivity index (χ1n) is 4.31. The molecule has 5 heteroatoms. The zero-order chi connectivity index (χ0) is 9.03. The van der Waals surface area contributed by atoms with Crippen LogP contribution >= 0.6 is 0 Å². The van der Waals surface area contributed by atoms with Gasteiger partial charge in [0, 0.05) is 6.04 Å². The van der Waals surface area contributed by atoms with Crippen LogP contribution in [0.5, 0.6) is 0 Å². The summed E-state index contributed by atoms with van der Waals surface area (Å²) in [5, 5.41) is 0. The molecule has 0 saturated heterocycles. The second-order valence-corrected chi connectivity index (χ2v) is 4.40. The number of hydrogen-bond acceptors (Lipinski definition) is 3. The minimum atomic E-state index is -4.24. The smallest absolute Gasteiger partial charge is 0.159 e. The van der Waals surface area contributed by atoms with Crippen molar-refractivity contribution in [2.45, 2.75) is 44.6 Å². The topological polar surface area (TPSA) is 69.2 Å². The maximum Gasteiger partial charge on any atom is 0.159 e. The maximum absolute atomic E-state index is 10.3. The lowest BCUT2D eigenvalue weighted by Crippen LogP contribution is -2.33. The van der Waals surface area contributed by atoms with Crippen molar-refractivity contribution in [3.05, 3.63) is 0 Å². The van der Waals surface area contributed by atoms with Crippen molar-refractivity contribution in [2.24, 2.45) is 0 Å². The zero-order valence-corrected chi connectivity index (χ0v) is 7.77. The number of rotatable bonds is 2. The van der Waals surface area contributed by atoms with Crippen LogP contribution < -0.4 is 4.72 Å². The summed E-state index contributed by atoms with van der Waals surface area (Å²) in [5.41, 5.74) is 0. The highest BCUT2D eigenvalue weighted by Crippen LogP contribution is 2.17. The molecular formula is C7H14NO3S-. The van der Waals surface area contributed by atoms with Crippen LogP contribution in [0.2, 0.25) is 0 Å². The van der Waals surface area contributed by atoms with E-state index in [2.05, 4.69) is 4.72 Å². The molecule has 0 aromatic heterocycles. The average Bonchev–Trinajstić information content (AvgIpc) is 2.12. The van der Waals surface area contributed by atoms with Crippen LogP contribution in [-0.4, -0.2) is 19.0 Å². The van der Waals surface area contributed by atoms with Crippen molar-refractivity contribution in [3.8, 4) is 0 Å². The van der Waals surface area contributed by atoms with Crippen molar-refractivity contribution in [2.75, 3.05) is 0 Å². The van der Waals surface area contributed by atoms with Gasteiger partial charge < -0.3 is 4.55 Å². The quantitative estimate of drug-likeness (QED) is 0.518. The highest BCUT2D eigenvalue weighted by atomic mass is 32.2. The molecule has 1 fully saturated rings. The van der Waals surface area contributed by atoms with Gasteiger partial charge in [-0.2, -0.15) is 0 Å². The lowest BCUT2D eigenvalue weighted by atomic mass is 10.1. The average molecular weight is 192 g/mol. The van der Waals surface area contributed by atoms with Crippen molar-refractivity contribution < 1.29 is 13.0 Å². The molecule has 0 heterocycles. The molecule has 1 saturated carbocycles. The van der Waals surface area contributed by atoms with Crippen molar-refractivity contribution in [1.82, 2.24) is 4.72 Å². The maximum atomic E-state index is 10.3.